The molecule has 0 bridgehead atoms. The van der Waals surface area contributed by atoms with E-state index in [4.69, 9.17) is 5.11 Å². The predicted octanol–water partition coefficient (Wildman–Crippen LogP) is 2.73. The molecule has 0 unspecified atom stereocenters. The van der Waals surface area contributed by atoms with Gasteiger partial charge in [0, 0.05) is 12.3 Å². The molecule has 2 aromatic rings. The summed E-state index contributed by atoms with van der Waals surface area (Å²) in [7, 11) is 0. The van der Waals surface area contributed by atoms with Crippen LogP contribution in [-0.2, 0) is 4.79 Å². The van der Waals surface area contributed by atoms with Crippen molar-refractivity contribution in [2.45, 2.75) is 0 Å². The summed E-state index contributed by atoms with van der Waals surface area (Å²) >= 11 is 3.32. The van der Waals surface area contributed by atoms with Gasteiger partial charge < -0.3 is 5.11 Å². The number of carboxylic acids is 1. The fourth-order valence-corrected chi connectivity index (χ4v) is 1.63. The largest absolute Gasteiger partial charge is 0.478 e. The molecule has 0 radical (unpaired) electrons. The maximum atomic E-state index is 10.4. The molecule has 0 spiro atoms. The third kappa shape index (κ3) is 3.04. The number of halogens is 1. The Bertz CT molecular complexity index is 558. The first kappa shape index (κ1) is 11.6. The summed E-state index contributed by atoms with van der Waals surface area (Å²) < 4.78 is 2.64. The molecule has 0 atom stereocenters. The van der Waals surface area contributed by atoms with Crippen molar-refractivity contribution in [3.63, 3.8) is 0 Å². The second-order valence-electron chi connectivity index (χ2n) is 3.37. The van der Waals surface area contributed by atoms with Gasteiger partial charge in [0.2, 0.25) is 0 Å². The van der Waals surface area contributed by atoms with Gasteiger partial charge >= 0.3 is 5.97 Å². The Morgan fingerprint density at radius 2 is 2.06 bits per heavy atom. The van der Waals surface area contributed by atoms with Gasteiger partial charge in [0.15, 0.2) is 0 Å². The molecule has 2 rings (SSSR count). The molecule has 1 aromatic heterocycles. The van der Waals surface area contributed by atoms with Gasteiger partial charge in [-0.1, -0.05) is 12.1 Å². The van der Waals surface area contributed by atoms with Crippen molar-refractivity contribution in [1.82, 2.24) is 9.78 Å². The Balaban J connectivity index is 2.21. The van der Waals surface area contributed by atoms with Crippen molar-refractivity contribution in [2.75, 3.05) is 0 Å². The summed E-state index contributed by atoms with van der Waals surface area (Å²) in [5, 5.41) is 12.7. The number of hydrogen-bond donors (Lipinski definition) is 1. The van der Waals surface area contributed by atoms with E-state index in [-0.39, 0.29) is 0 Å². The van der Waals surface area contributed by atoms with Crippen molar-refractivity contribution in [3.8, 4) is 5.69 Å². The van der Waals surface area contributed by atoms with Gasteiger partial charge in [-0.3, -0.25) is 0 Å². The lowest BCUT2D eigenvalue weighted by molar-refractivity contribution is -0.131. The van der Waals surface area contributed by atoms with E-state index in [0.717, 1.165) is 21.8 Å². The van der Waals surface area contributed by atoms with Crippen molar-refractivity contribution < 1.29 is 9.90 Å². The second kappa shape index (κ2) is 4.97. The Morgan fingerprint density at radius 1 is 1.35 bits per heavy atom. The van der Waals surface area contributed by atoms with Crippen LogP contribution >= 0.6 is 15.9 Å². The maximum absolute atomic E-state index is 10.4. The Labute approximate surface area is 106 Å². The fourth-order valence-electron chi connectivity index (χ4n) is 1.35. The number of carboxylic acid groups (broad SMARTS) is 1. The van der Waals surface area contributed by atoms with Crippen molar-refractivity contribution in [1.29, 1.82) is 0 Å². The van der Waals surface area contributed by atoms with Gasteiger partial charge in [0.1, 0.15) is 0 Å². The molecule has 0 aliphatic carbocycles. The van der Waals surface area contributed by atoms with E-state index in [0.29, 0.717) is 0 Å². The van der Waals surface area contributed by atoms with Crippen LogP contribution in [0.25, 0.3) is 11.8 Å². The molecule has 1 heterocycles. The lowest BCUT2D eigenvalue weighted by Gasteiger charge is -2.01. The maximum Gasteiger partial charge on any atom is 0.328 e. The number of rotatable bonds is 3. The summed E-state index contributed by atoms with van der Waals surface area (Å²) in [5.41, 5.74) is 1.76. The average molecular weight is 293 g/mol. The molecule has 0 saturated heterocycles. The summed E-state index contributed by atoms with van der Waals surface area (Å²) in [6, 6.07) is 7.43. The van der Waals surface area contributed by atoms with E-state index in [9.17, 15) is 4.79 Å². The van der Waals surface area contributed by atoms with Crippen molar-refractivity contribution in [3.05, 3.63) is 52.8 Å². The normalized spacial score (nSPS) is 10.9. The van der Waals surface area contributed by atoms with Crippen LogP contribution in [0.4, 0.5) is 0 Å². The van der Waals surface area contributed by atoms with Crippen LogP contribution in [0.3, 0.4) is 0 Å². The molecule has 5 heteroatoms. The minimum absolute atomic E-state index is 0.836. The molecular weight excluding hydrogens is 284 g/mol. The van der Waals surface area contributed by atoms with Gasteiger partial charge in [-0.2, -0.15) is 5.10 Å². The van der Waals surface area contributed by atoms with Crippen LogP contribution < -0.4 is 0 Å². The quantitative estimate of drug-likeness (QED) is 0.885. The molecule has 0 aliphatic rings. The van der Waals surface area contributed by atoms with Crippen LogP contribution in [-0.4, -0.2) is 20.9 Å². The molecule has 0 fully saturated rings. The number of benzene rings is 1. The van der Waals surface area contributed by atoms with Crippen LogP contribution in [0.1, 0.15) is 5.56 Å². The van der Waals surface area contributed by atoms with Gasteiger partial charge in [-0.15, -0.1) is 0 Å². The van der Waals surface area contributed by atoms with Crippen LogP contribution in [0.2, 0.25) is 0 Å². The number of nitrogens with zero attached hydrogens (tertiary/aromatic N) is 2. The topological polar surface area (TPSA) is 55.1 Å². The zero-order valence-corrected chi connectivity index (χ0v) is 10.3. The molecule has 1 N–H and O–H groups in total. The molecule has 1 aromatic carbocycles. The highest BCUT2D eigenvalue weighted by atomic mass is 79.9. The van der Waals surface area contributed by atoms with Gasteiger partial charge in [0.25, 0.3) is 0 Å². The zero-order valence-electron chi connectivity index (χ0n) is 8.75. The number of aromatic nitrogens is 2. The van der Waals surface area contributed by atoms with Gasteiger partial charge in [-0.05, 0) is 39.7 Å². The summed E-state index contributed by atoms with van der Waals surface area (Å²) in [6.07, 6.45) is 6.21. The first-order chi connectivity index (χ1) is 8.15. The van der Waals surface area contributed by atoms with E-state index < -0.39 is 5.97 Å². The van der Waals surface area contributed by atoms with E-state index in [1.807, 2.05) is 30.5 Å². The standard InChI is InChI=1S/C12H9BrN2O2/c13-10-7-14-15(8-10)11-4-1-9(2-5-11)3-6-12(16)17/h1-8H,(H,16,17). The lowest BCUT2D eigenvalue weighted by Crippen LogP contribution is -1.93. The highest BCUT2D eigenvalue weighted by Gasteiger charge is 1.98. The smallest absolute Gasteiger partial charge is 0.328 e. The van der Waals surface area contributed by atoms with Gasteiger partial charge in [0.05, 0.1) is 16.4 Å². The highest BCUT2D eigenvalue weighted by molar-refractivity contribution is 9.10. The van der Waals surface area contributed by atoms with E-state index >= 15 is 0 Å². The third-order valence-electron chi connectivity index (χ3n) is 2.13. The minimum Gasteiger partial charge on any atom is -0.478 e. The molecule has 17 heavy (non-hydrogen) atoms. The van der Waals surface area contributed by atoms with Crippen LogP contribution in [0.15, 0.2) is 47.2 Å². The third-order valence-corrected chi connectivity index (χ3v) is 2.54. The highest BCUT2D eigenvalue weighted by Crippen LogP contribution is 2.13. The van der Waals surface area contributed by atoms with E-state index in [1.54, 1.807) is 17.0 Å². The predicted molar refractivity (Wildman–Crippen MR) is 67.9 cm³/mol. The SMILES string of the molecule is O=C(O)C=Cc1ccc(-n2cc(Br)cn2)cc1. The van der Waals surface area contributed by atoms with E-state index in [2.05, 4.69) is 21.0 Å². The minimum atomic E-state index is -0.954. The molecule has 0 aliphatic heterocycles. The number of carbonyl (C=O) groups is 1. The molecule has 86 valence electrons. The monoisotopic (exact) mass is 292 g/mol. The van der Waals surface area contributed by atoms with Crippen LogP contribution in [0.5, 0.6) is 0 Å². The number of aliphatic carboxylic acids is 1. The first-order valence-corrected chi connectivity index (χ1v) is 5.66. The lowest BCUT2D eigenvalue weighted by atomic mass is 10.2. The first-order valence-electron chi connectivity index (χ1n) is 4.87. The second-order valence-corrected chi connectivity index (χ2v) is 4.28. The van der Waals surface area contributed by atoms with Crippen LogP contribution in [0, 0.1) is 0 Å². The Morgan fingerprint density at radius 3 is 2.59 bits per heavy atom. The summed E-state index contributed by atoms with van der Waals surface area (Å²) in [5.74, 6) is -0.954. The van der Waals surface area contributed by atoms with Gasteiger partial charge in [-0.25, -0.2) is 9.48 Å². The Kier molecular flexibility index (Phi) is 3.39. The Hall–Kier alpha value is -1.88. The average Bonchev–Trinajstić information content (AvgIpc) is 2.74. The molecule has 4 nitrogen and oxygen atoms in total. The fraction of sp³-hybridized carbons (Fsp3) is 0. The molecule has 0 saturated carbocycles. The van der Waals surface area contributed by atoms with Crippen molar-refractivity contribution in [2.24, 2.45) is 0 Å². The molecular formula is C12H9BrN2O2. The summed E-state index contributed by atoms with van der Waals surface area (Å²) in [4.78, 5) is 10.4. The zero-order chi connectivity index (χ0) is 12.3. The number of hydrogen-bond acceptors (Lipinski definition) is 2. The van der Waals surface area contributed by atoms with E-state index in [1.165, 1.54) is 0 Å². The van der Waals surface area contributed by atoms with Crippen molar-refractivity contribution >= 4 is 28.0 Å². The summed E-state index contributed by atoms with van der Waals surface area (Å²) in [6.45, 7) is 0. The molecule has 0 amide bonds.